The number of ether oxygens (including phenoxy) is 2. The van der Waals surface area contributed by atoms with Crippen LogP contribution in [0.25, 0.3) is 0 Å². The minimum Gasteiger partial charge on any atom is -0.454 e. The highest BCUT2D eigenvalue weighted by Crippen LogP contribution is 2.38. The van der Waals surface area contributed by atoms with Crippen molar-refractivity contribution in [2.24, 2.45) is 5.73 Å². The quantitative estimate of drug-likeness (QED) is 0.837. The minimum absolute atomic E-state index is 0.0990. The molecule has 3 N–H and O–H groups in total. The first-order valence-electron chi connectivity index (χ1n) is 4.18. The van der Waals surface area contributed by atoms with Gasteiger partial charge in [0.1, 0.15) is 0 Å². The Bertz CT molecular complexity index is 356. The lowest BCUT2D eigenvalue weighted by atomic mass is 10.1. The van der Waals surface area contributed by atoms with Crippen LogP contribution in [0.2, 0.25) is 0 Å². The van der Waals surface area contributed by atoms with Crippen molar-refractivity contribution < 1.29 is 14.6 Å². The Labute approximate surface area is 89.7 Å². The van der Waals surface area contributed by atoms with Crippen molar-refractivity contribution in [3.05, 3.63) is 22.2 Å². The Kier molecular flexibility index (Phi) is 2.62. The maximum absolute atomic E-state index is 8.94. The molecule has 2 rings (SSSR count). The van der Waals surface area contributed by atoms with Crippen molar-refractivity contribution in [1.82, 2.24) is 0 Å². The second-order valence-electron chi connectivity index (χ2n) is 3.02. The molecule has 0 aromatic heterocycles. The molecule has 14 heavy (non-hydrogen) atoms. The number of benzene rings is 1. The molecule has 0 unspecified atom stereocenters. The van der Waals surface area contributed by atoms with E-state index in [0.29, 0.717) is 11.5 Å². The molecule has 1 aromatic carbocycles. The topological polar surface area (TPSA) is 64.7 Å². The third-order valence-corrected chi connectivity index (χ3v) is 2.77. The molecule has 1 aromatic rings. The van der Waals surface area contributed by atoms with E-state index >= 15 is 0 Å². The maximum atomic E-state index is 8.94. The van der Waals surface area contributed by atoms with Crippen molar-refractivity contribution >= 4 is 15.9 Å². The van der Waals surface area contributed by atoms with E-state index in [9.17, 15) is 0 Å². The van der Waals surface area contributed by atoms with Crippen LogP contribution in [0.15, 0.2) is 16.6 Å². The van der Waals surface area contributed by atoms with Gasteiger partial charge in [0, 0.05) is 4.47 Å². The molecule has 4 nitrogen and oxygen atoms in total. The highest BCUT2D eigenvalue weighted by molar-refractivity contribution is 9.10. The molecule has 0 radical (unpaired) electrons. The molecule has 0 saturated carbocycles. The molecule has 1 aliphatic rings. The van der Waals surface area contributed by atoms with E-state index in [0.717, 1.165) is 10.0 Å². The molecule has 0 aliphatic carbocycles. The number of hydrogen-bond donors (Lipinski definition) is 2. The van der Waals surface area contributed by atoms with Crippen molar-refractivity contribution in [1.29, 1.82) is 0 Å². The summed E-state index contributed by atoms with van der Waals surface area (Å²) < 4.78 is 11.2. The second kappa shape index (κ2) is 3.76. The fourth-order valence-corrected chi connectivity index (χ4v) is 1.93. The summed E-state index contributed by atoms with van der Waals surface area (Å²) in [6.45, 7) is 0.137. The predicted octanol–water partition coefficient (Wildman–Crippen LogP) is 1.17. The molecule has 1 atom stereocenters. The molecule has 0 spiro atoms. The Morgan fingerprint density at radius 2 is 2.07 bits per heavy atom. The minimum atomic E-state index is -0.404. The van der Waals surface area contributed by atoms with E-state index in [2.05, 4.69) is 15.9 Å². The van der Waals surface area contributed by atoms with Gasteiger partial charge < -0.3 is 20.3 Å². The lowest BCUT2D eigenvalue weighted by Gasteiger charge is -2.11. The number of hydrogen-bond acceptors (Lipinski definition) is 4. The van der Waals surface area contributed by atoms with E-state index < -0.39 is 6.04 Å². The van der Waals surface area contributed by atoms with Crippen molar-refractivity contribution in [2.45, 2.75) is 6.04 Å². The van der Waals surface area contributed by atoms with Gasteiger partial charge in [-0.3, -0.25) is 0 Å². The average molecular weight is 260 g/mol. The molecule has 1 aliphatic heterocycles. The molecule has 0 amide bonds. The van der Waals surface area contributed by atoms with Crippen LogP contribution in [0.1, 0.15) is 11.6 Å². The fourth-order valence-electron chi connectivity index (χ4n) is 1.32. The highest BCUT2D eigenvalue weighted by Gasteiger charge is 2.18. The van der Waals surface area contributed by atoms with Crippen LogP contribution < -0.4 is 15.2 Å². The zero-order valence-corrected chi connectivity index (χ0v) is 8.95. The predicted molar refractivity (Wildman–Crippen MR) is 54.3 cm³/mol. The molecule has 76 valence electrons. The van der Waals surface area contributed by atoms with Crippen molar-refractivity contribution in [2.75, 3.05) is 13.4 Å². The van der Waals surface area contributed by atoms with Crippen LogP contribution in [0.5, 0.6) is 11.5 Å². The van der Waals surface area contributed by atoms with Crippen LogP contribution in [-0.2, 0) is 0 Å². The number of nitrogens with two attached hydrogens (primary N) is 1. The van der Waals surface area contributed by atoms with Gasteiger partial charge in [-0.2, -0.15) is 0 Å². The maximum Gasteiger partial charge on any atom is 0.231 e. The van der Waals surface area contributed by atoms with Crippen LogP contribution in [0.4, 0.5) is 0 Å². The highest BCUT2D eigenvalue weighted by atomic mass is 79.9. The summed E-state index contributed by atoms with van der Waals surface area (Å²) >= 11 is 3.36. The van der Waals surface area contributed by atoms with E-state index in [4.69, 9.17) is 20.3 Å². The Morgan fingerprint density at radius 1 is 1.43 bits per heavy atom. The first kappa shape index (κ1) is 9.76. The third-order valence-electron chi connectivity index (χ3n) is 2.09. The monoisotopic (exact) mass is 259 g/mol. The van der Waals surface area contributed by atoms with Gasteiger partial charge in [0.05, 0.1) is 12.6 Å². The van der Waals surface area contributed by atoms with Crippen molar-refractivity contribution in [3.8, 4) is 11.5 Å². The number of aliphatic hydroxyl groups excluding tert-OH is 1. The SMILES string of the molecule is N[C@@H](CO)c1cc2c(cc1Br)OCO2. The molecular weight excluding hydrogens is 250 g/mol. The molecule has 0 fully saturated rings. The van der Waals surface area contributed by atoms with Crippen molar-refractivity contribution in [3.63, 3.8) is 0 Å². The van der Waals surface area contributed by atoms with Gasteiger partial charge in [-0.15, -0.1) is 0 Å². The second-order valence-corrected chi connectivity index (χ2v) is 3.87. The number of rotatable bonds is 2. The smallest absolute Gasteiger partial charge is 0.231 e. The fraction of sp³-hybridized carbons (Fsp3) is 0.333. The third kappa shape index (κ3) is 1.58. The summed E-state index contributed by atoms with van der Waals surface area (Å²) in [7, 11) is 0. The van der Waals surface area contributed by atoms with E-state index in [1.807, 2.05) is 0 Å². The van der Waals surface area contributed by atoms with E-state index in [1.165, 1.54) is 0 Å². The van der Waals surface area contributed by atoms with E-state index in [-0.39, 0.29) is 13.4 Å². The summed E-state index contributed by atoms with van der Waals surface area (Å²) in [5, 5.41) is 8.94. The average Bonchev–Trinajstić information content (AvgIpc) is 2.62. The molecule has 1 heterocycles. The molecule has 0 saturated heterocycles. The summed E-state index contributed by atoms with van der Waals surface area (Å²) in [5.74, 6) is 1.37. The van der Waals surface area contributed by atoms with Gasteiger partial charge in [0.25, 0.3) is 0 Å². The summed E-state index contributed by atoms with van der Waals surface area (Å²) in [6, 6.07) is 3.18. The number of fused-ring (bicyclic) bond motifs is 1. The van der Waals surface area contributed by atoms with Crippen LogP contribution >= 0.6 is 15.9 Å². The zero-order chi connectivity index (χ0) is 10.1. The Hall–Kier alpha value is -0.780. The van der Waals surface area contributed by atoms with Gasteiger partial charge in [0.15, 0.2) is 11.5 Å². The van der Waals surface area contributed by atoms with E-state index in [1.54, 1.807) is 12.1 Å². The first-order chi connectivity index (χ1) is 6.72. The van der Waals surface area contributed by atoms with Crippen LogP contribution in [0, 0.1) is 0 Å². The first-order valence-corrected chi connectivity index (χ1v) is 4.97. The Morgan fingerprint density at radius 3 is 2.71 bits per heavy atom. The number of aliphatic hydroxyl groups is 1. The summed E-state index contributed by atoms with van der Waals surface area (Å²) in [4.78, 5) is 0. The van der Waals surface area contributed by atoms with Crippen LogP contribution in [-0.4, -0.2) is 18.5 Å². The van der Waals surface area contributed by atoms with Gasteiger partial charge in [-0.05, 0) is 17.7 Å². The lowest BCUT2D eigenvalue weighted by molar-refractivity contribution is 0.174. The standard InChI is InChI=1S/C9H10BrNO3/c10-6-2-9-8(13-4-14-9)1-5(6)7(11)3-12/h1-2,7,12H,3-4,11H2/t7-/m0/s1. The molecule has 5 heteroatoms. The molecular formula is C9H10BrNO3. The summed E-state index contributed by atoms with van der Waals surface area (Å²) in [5.41, 5.74) is 6.53. The normalized spacial score (nSPS) is 15.6. The van der Waals surface area contributed by atoms with Gasteiger partial charge in [-0.25, -0.2) is 0 Å². The molecule has 0 bridgehead atoms. The lowest BCUT2D eigenvalue weighted by Crippen LogP contribution is -2.14. The Balaban J connectivity index is 2.42. The number of halogens is 1. The van der Waals surface area contributed by atoms with Gasteiger partial charge in [-0.1, -0.05) is 15.9 Å². The van der Waals surface area contributed by atoms with Crippen LogP contribution in [0.3, 0.4) is 0 Å². The zero-order valence-electron chi connectivity index (χ0n) is 7.37. The van der Waals surface area contributed by atoms with Gasteiger partial charge >= 0.3 is 0 Å². The van der Waals surface area contributed by atoms with Gasteiger partial charge in [0.2, 0.25) is 6.79 Å². The summed E-state index contributed by atoms with van der Waals surface area (Å²) in [6.07, 6.45) is 0. The largest absolute Gasteiger partial charge is 0.454 e.